The van der Waals surface area contributed by atoms with Gasteiger partial charge in [0, 0.05) is 5.56 Å². The van der Waals surface area contributed by atoms with E-state index in [1.165, 1.54) is 6.07 Å². The molecule has 0 bridgehead atoms. The fourth-order valence-electron chi connectivity index (χ4n) is 1.64. The zero-order valence-corrected chi connectivity index (χ0v) is 14.6. The van der Waals surface area contributed by atoms with E-state index in [0.717, 1.165) is 0 Å². The van der Waals surface area contributed by atoms with Crippen molar-refractivity contribution < 1.29 is 12.6 Å². The summed E-state index contributed by atoms with van der Waals surface area (Å²) in [6.45, 7) is 6.41. The predicted octanol–water partition coefficient (Wildman–Crippen LogP) is 3.68. The van der Waals surface area contributed by atoms with Gasteiger partial charge < -0.3 is 4.18 Å². The molecule has 0 unspecified atom stereocenters. The molecule has 0 saturated heterocycles. The summed E-state index contributed by atoms with van der Waals surface area (Å²) in [6, 6.07) is 15.0. The van der Waals surface area contributed by atoms with Gasteiger partial charge in [0.1, 0.15) is 18.7 Å². The average molecular weight is 330 g/mol. The van der Waals surface area contributed by atoms with E-state index in [1.54, 1.807) is 48.5 Å². The third-order valence-electron chi connectivity index (χ3n) is 2.65. The highest BCUT2D eigenvalue weighted by molar-refractivity contribution is 7.87. The largest absolute Gasteiger partial charge is 0.379 e. The van der Waals surface area contributed by atoms with Crippen molar-refractivity contribution in [2.45, 2.75) is 24.5 Å². The Morgan fingerprint density at radius 1 is 0.955 bits per heavy atom. The predicted molar refractivity (Wildman–Crippen MR) is 90.9 cm³/mol. The lowest BCUT2D eigenvalue weighted by atomic mass is 10.2. The number of hydrogen-bond donors (Lipinski definition) is 0. The Bertz CT molecular complexity index is 810. The SMILES string of the molecule is C[Si](C)(C)C#Cc1cccc(S(=O)(=O)Oc2ccccc2)c1. The van der Waals surface area contributed by atoms with Gasteiger partial charge >= 0.3 is 10.1 Å². The maximum Gasteiger partial charge on any atom is 0.339 e. The van der Waals surface area contributed by atoms with E-state index in [0.29, 0.717) is 11.3 Å². The van der Waals surface area contributed by atoms with Crippen molar-refractivity contribution >= 4 is 18.2 Å². The molecule has 0 heterocycles. The van der Waals surface area contributed by atoms with Crippen LogP contribution in [0.15, 0.2) is 59.5 Å². The minimum atomic E-state index is -3.85. The molecule has 0 radical (unpaired) electrons. The van der Waals surface area contributed by atoms with E-state index >= 15 is 0 Å². The van der Waals surface area contributed by atoms with Crippen molar-refractivity contribution in [1.29, 1.82) is 0 Å². The second-order valence-electron chi connectivity index (χ2n) is 5.88. The third kappa shape index (κ3) is 4.76. The number of hydrogen-bond acceptors (Lipinski definition) is 3. The molecule has 22 heavy (non-hydrogen) atoms. The Kier molecular flexibility index (Phi) is 4.74. The van der Waals surface area contributed by atoms with Gasteiger partial charge in [0.05, 0.1) is 0 Å². The van der Waals surface area contributed by atoms with Crippen LogP contribution in [-0.4, -0.2) is 16.5 Å². The second-order valence-corrected chi connectivity index (χ2v) is 12.2. The molecule has 0 spiro atoms. The van der Waals surface area contributed by atoms with Gasteiger partial charge in [-0.1, -0.05) is 49.8 Å². The summed E-state index contributed by atoms with van der Waals surface area (Å²) in [5.41, 5.74) is 3.90. The Hall–Kier alpha value is -2.03. The van der Waals surface area contributed by atoms with Gasteiger partial charge in [-0.15, -0.1) is 5.54 Å². The number of para-hydroxylation sites is 1. The molecular formula is C17H18O3SSi. The Morgan fingerprint density at radius 3 is 2.27 bits per heavy atom. The smallest absolute Gasteiger partial charge is 0.339 e. The summed E-state index contributed by atoms with van der Waals surface area (Å²) >= 11 is 0. The highest BCUT2D eigenvalue weighted by atomic mass is 32.2. The Labute approximate surface area is 133 Å². The molecule has 0 fully saturated rings. The van der Waals surface area contributed by atoms with E-state index in [9.17, 15) is 8.42 Å². The fourth-order valence-corrected chi connectivity index (χ4v) is 3.14. The minimum Gasteiger partial charge on any atom is -0.379 e. The first kappa shape index (κ1) is 16.3. The van der Waals surface area contributed by atoms with Gasteiger partial charge in [0.15, 0.2) is 0 Å². The summed E-state index contributed by atoms with van der Waals surface area (Å²) in [5, 5.41) is 0. The first-order chi connectivity index (χ1) is 10.3. The molecule has 5 heteroatoms. The van der Waals surface area contributed by atoms with Crippen LogP contribution in [0.4, 0.5) is 0 Å². The van der Waals surface area contributed by atoms with Crippen molar-refractivity contribution in [1.82, 2.24) is 0 Å². The van der Waals surface area contributed by atoms with Crippen LogP contribution < -0.4 is 4.18 Å². The molecule has 114 valence electrons. The van der Waals surface area contributed by atoms with E-state index in [1.807, 2.05) is 0 Å². The molecule has 0 aliphatic carbocycles. The van der Waals surface area contributed by atoms with Crippen LogP contribution >= 0.6 is 0 Å². The number of benzene rings is 2. The molecule has 3 nitrogen and oxygen atoms in total. The molecular weight excluding hydrogens is 312 g/mol. The maximum atomic E-state index is 12.3. The molecule has 2 aromatic carbocycles. The van der Waals surface area contributed by atoms with Gasteiger partial charge in [-0.2, -0.15) is 8.42 Å². The first-order valence-electron chi connectivity index (χ1n) is 6.89. The molecule has 0 atom stereocenters. The maximum absolute atomic E-state index is 12.3. The van der Waals surface area contributed by atoms with Crippen LogP contribution in [0.3, 0.4) is 0 Å². The molecule has 0 aliphatic rings. The molecule has 0 amide bonds. The molecule has 0 N–H and O–H groups in total. The molecule has 2 aromatic rings. The van der Waals surface area contributed by atoms with Crippen molar-refractivity contribution in [3.8, 4) is 17.2 Å². The lowest BCUT2D eigenvalue weighted by Crippen LogP contribution is -2.16. The Morgan fingerprint density at radius 2 is 1.64 bits per heavy atom. The van der Waals surface area contributed by atoms with Crippen LogP contribution in [0.1, 0.15) is 5.56 Å². The van der Waals surface area contributed by atoms with Crippen molar-refractivity contribution in [3.63, 3.8) is 0 Å². The molecule has 0 aliphatic heterocycles. The summed E-state index contributed by atoms with van der Waals surface area (Å²) in [5.74, 6) is 3.35. The summed E-state index contributed by atoms with van der Waals surface area (Å²) in [6.07, 6.45) is 0. The van der Waals surface area contributed by atoms with Crippen molar-refractivity contribution in [2.75, 3.05) is 0 Å². The zero-order valence-electron chi connectivity index (χ0n) is 12.8. The van der Waals surface area contributed by atoms with Crippen LogP contribution in [0.5, 0.6) is 5.75 Å². The molecule has 0 saturated carbocycles. The second kappa shape index (κ2) is 6.38. The molecule has 2 rings (SSSR count). The van der Waals surface area contributed by atoms with Gasteiger partial charge in [-0.25, -0.2) is 0 Å². The molecule has 0 aromatic heterocycles. The van der Waals surface area contributed by atoms with Crippen LogP contribution in [0, 0.1) is 11.5 Å². The lowest BCUT2D eigenvalue weighted by molar-refractivity contribution is 0.486. The van der Waals surface area contributed by atoms with Gasteiger partial charge in [-0.3, -0.25) is 0 Å². The zero-order chi connectivity index (χ0) is 16.2. The number of rotatable bonds is 3. The highest BCUT2D eigenvalue weighted by Crippen LogP contribution is 2.18. The lowest BCUT2D eigenvalue weighted by Gasteiger charge is -2.07. The van der Waals surface area contributed by atoms with Crippen molar-refractivity contribution in [2.24, 2.45) is 0 Å². The quantitative estimate of drug-likeness (QED) is 0.490. The van der Waals surface area contributed by atoms with Gasteiger partial charge in [0.25, 0.3) is 0 Å². The van der Waals surface area contributed by atoms with E-state index < -0.39 is 18.2 Å². The average Bonchev–Trinajstić information content (AvgIpc) is 2.45. The topological polar surface area (TPSA) is 43.4 Å². The van der Waals surface area contributed by atoms with E-state index in [4.69, 9.17) is 4.18 Å². The van der Waals surface area contributed by atoms with Crippen LogP contribution in [-0.2, 0) is 10.1 Å². The van der Waals surface area contributed by atoms with Crippen molar-refractivity contribution in [3.05, 3.63) is 60.2 Å². The summed E-state index contributed by atoms with van der Waals surface area (Å²) in [7, 11) is -5.35. The van der Waals surface area contributed by atoms with E-state index in [2.05, 4.69) is 31.1 Å². The van der Waals surface area contributed by atoms with Crippen LogP contribution in [0.2, 0.25) is 19.6 Å². The highest BCUT2D eigenvalue weighted by Gasteiger charge is 2.16. The van der Waals surface area contributed by atoms with Gasteiger partial charge in [-0.05, 0) is 30.3 Å². The normalized spacial score (nSPS) is 11.4. The van der Waals surface area contributed by atoms with Gasteiger partial charge in [0.2, 0.25) is 0 Å². The Balaban J connectivity index is 2.30. The first-order valence-corrected chi connectivity index (χ1v) is 11.8. The van der Waals surface area contributed by atoms with Crippen LogP contribution in [0.25, 0.3) is 0 Å². The third-order valence-corrected chi connectivity index (χ3v) is 4.77. The summed E-state index contributed by atoms with van der Waals surface area (Å²) in [4.78, 5) is 0.110. The van der Waals surface area contributed by atoms with E-state index in [-0.39, 0.29) is 4.90 Å². The monoisotopic (exact) mass is 330 g/mol. The summed E-state index contributed by atoms with van der Waals surface area (Å²) < 4.78 is 29.7. The standard InChI is InChI=1S/C17H18O3SSi/c1-22(2,3)13-12-15-8-7-11-17(14-15)21(18,19)20-16-9-5-4-6-10-16/h4-11,14H,1-3H3. The fraction of sp³-hybridized carbons (Fsp3) is 0.176. The minimum absolute atomic E-state index is 0.110.